The van der Waals surface area contributed by atoms with Crippen LogP contribution in [0, 0.1) is 11.7 Å². The molecule has 0 saturated carbocycles. The summed E-state index contributed by atoms with van der Waals surface area (Å²) in [7, 11) is 3.64. The minimum atomic E-state index is -0.249. The molecule has 0 aromatic heterocycles. The quantitative estimate of drug-likeness (QED) is 0.276. The van der Waals surface area contributed by atoms with Crippen molar-refractivity contribution < 1.29 is 9.18 Å². The number of carbonyl (C=O) groups excluding carboxylic acids is 1. The molecule has 1 aliphatic heterocycles. The van der Waals surface area contributed by atoms with Crippen LogP contribution >= 0.6 is 24.0 Å². The molecule has 0 spiro atoms. The van der Waals surface area contributed by atoms with Crippen molar-refractivity contribution in [3.8, 4) is 0 Å². The summed E-state index contributed by atoms with van der Waals surface area (Å²) >= 11 is 0. The Hall–Kier alpha value is -2.36. The van der Waals surface area contributed by atoms with Crippen LogP contribution in [0.25, 0.3) is 0 Å². The van der Waals surface area contributed by atoms with Gasteiger partial charge in [-0.15, -0.1) is 24.0 Å². The molecule has 0 aliphatic carbocycles. The zero-order chi connectivity index (χ0) is 22.9. The zero-order valence-electron chi connectivity index (χ0n) is 19.7. The molecule has 180 valence electrons. The van der Waals surface area contributed by atoms with E-state index in [1.165, 1.54) is 11.6 Å². The van der Waals surface area contributed by atoms with Gasteiger partial charge >= 0.3 is 0 Å². The van der Waals surface area contributed by atoms with Crippen LogP contribution in [0.3, 0.4) is 0 Å². The third-order valence-electron chi connectivity index (χ3n) is 5.62. The molecule has 8 heteroatoms. The number of hydrogen-bond donors (Lipinski definition) is 2. The minimum Gasteiger partial charge on any atom is -0.375 e. The highest BCUT2D eigenvalue weighted by atomic mass is 127. The van der Waals surface area contributed by atoms with Crippen LogP contribution in [0.4, 0.5) is 10.1 Å². The largest absolute Gasteiger partial charge is 0.375 e. The fourth-order valence-electron chi connectivity index (χ4n) is 3.88. The number of amides is 1. The highest BCUT2D eigenvalue weighted by Crippen LogP contribution is 2.19. The molecule has 2 aromatic carbocycles. The summed E-state index contributed by atoms with van der Waals surface area (Å²) in [4.78, 5) is 20.7. The van der Waals surface area contributed by atoms with E-state index in [0.29, 0.717) is 31.2 Å². The van der Waals surface area contributed by atoms with Crippen LogP contribution in [-0.2, 0) is 17.8 Å². The van der Waals surface area contributed by atoms with Crippen LogP contribution < -0.4 is 15.5 Å². The first-order valence-corrected chi connectivity index (χ1v) is 11.3. The Labute approximate surface area is 213 Å². The maximum absolute atomic E-state index is 14.2. The van der Waals surface area contributed by atoms with Crippen molar-refractivity contribution in [3.63, 3.8) is 0 Å². The molecule has 1 saturated heterocycles. The van der Waals surface area contributed by atoms with Gasteiger partial charge in [0, 0.05) is 52.6 Å². The molecular weight excluding hydrogens is 532 g/mol. The Morgan fingerprint density at radius 1 is 1.15 bits per heavy atom. The van der Waals surface area contributed by atoms with E-state index in [-0.39, 0.29) is 41.6 Å². The van der Waals surface area contributed by atoms with Crippen molar-refractivity contribution in [1.82, 2.24) is 15.5 Å². The van der Waals surface area contributed by atoms with Crippen molar-refractivity contribution in [2.24, 2.45) is 10.9 Å². The first-order valence-electron chi connectivity index (χ1n) is 11.3. The monoisotopic (exact) mass is 567 g/mol. The number of halogens is 2. The lowest BCUT2D eigenvalue weighted by molar-refractivity contribution is -0.127. The van der Waals surface area contributed by atoms with Crippen LogP contribution in [0.5, 0.6) is 0 Å². The van der Waals surface area contributed by atoms with Gasteiger partial charge in [0.2, 0.25) is 5.91 Å². The Balaban J connectivity index is 0.00000385. The Kier molecular flexibility index (Phi) is 10.9. The number of nitrogens with one attached hydrogen (secondary N) is 2. The van der Waals surface area contributed by atoms with Gasteiger partial charge < -0.3 is 20.4 Å². The van der Waals surface area contributed by atoms with Gasteiger partial charge in [-0.05, 0) is 36.6 Å². The van der Waals surface area contributed by atoms with E-state index >= 15 is 0 Å². The average molecular weight is 567 g/mol. The average Bonchev–Trinajstić information content (AvgIpc) is 3.14. The highest BCUT2D eigenvalue weighted by molar-refractivity contribution is 14.0. The molecule has 1 amide bonds. The first kappa shape index (κ1) is 26.9. The van der Waals surface area contributed by atoms with Crippen LogP contribution in [0.1, 0.15) is 24.5 Å². The number of anilines is 1. The van der Waals surface area contributed by atoms with Crippen molar-refractivity contribution >= 4 is 41.5 Å². The van der Waals surface area contributed by atoms with Crippen LogP contribution in [-0.4, -0.2) is 57.0 Å². The topological polar surface area (TPSA) is 60.0 Å². The van der Waals surface area contributed by atoms with Crippen LogP contribution in [0.15, 0.2) is 53.5 Å². The molecular formula is C25H35FIN5O. The normalized spacial score (nSPS) is 15.9. The predicted octanol–water partition coefficient (Wildman–Crippen LogP) is 3.66. The number of nitrogens with zero attached hydrogens (tertiary/aromatic N) is 3. The van der Waals surface area contributed by atoms with Crippen molar-refractivity contribution in [2.45, 2.75) is 26.3 Å². The van der Waals surface area contributed by atoms with Gasteiger partial charge in [-0.25, -0.2) is 9.38 Å². The predicted molar refractivity (Wildman–Crippen MR) is 144 cm³/mol. The summed E-state index contributed by atoms with van der Waals surface area (Å²) in [5.74, 6) is 0.894. The summed E-state index contributed by atoms with van der Waals surface area (Å²) in [5, 5.41) is 6.58. The summed E-state index contributed by atoms with van der Waals surface area (Å²) in [6, 6.07) is 15.5. The molecule has 1 atom stereocenters. The van der Waals surface area contributed by atoms with E-state index < -0.39 is 0 Å². The van der Waals surface area contributed by atoms with Gasteiger partial charge in [-0.2, -0.15) is 0 Å². The Morgan fingerprint density at radius 2 is 1.91 bits per heavy atom. The first-order chi connectivity index (χ1) is 15.5. The lowest BCUT2D eigenvalue weighted by atomic mass is 10.1. The second-order valence-electron chi connectivity index (χ2n) is 8.40. The van der Waals surface area contributed by atoms with Crippen molar-refractivity contribution in [3.05, 3.63) is 65.5 Å². The van der Waals surface area contributed by atoms with Gasteiger partial charge in [0.1, 0.15) is 5.82 Å². The van der Waals surface area contributed by atoms with E-state index in [4.69, 9.17) is 0 Å². The molecule has 0 bridgehead atoms. The van der Waals surface area contributed by atoms with Crippen LogP contribution in [0.2, 0.25) is 0 Å². The number of guanidine groups is 1. The molecule has 2 aromatic rings. The summed E-state index contributed by atoms with van der Waals surface area (Å²) in [5.41, 5.74) is 2.62. The fourth-order valence-corrected chi connectivity index (χ4v) is 3.88. The van der Waals surface area contributed by atoms with Gasteiger partial charge in [-0.1, -0.05) is 36.4 Å². The maximum atomic E-state index is 14.2. The van der Waals surface area contributed by atoms with E-state index in [1.54, 1.807) is 11.0 Å². The molecule has 2 N–H and O–H groups in total. The van der Waals surface area contributed by atoms with E-state index in [2.05, 4.69) is 27.8 Å². The van der Waals surface area contributed by atoms with E-state index in [9.17, 15) is 9.18 Å². The number of aliphatic imine (C=N–C) groups is 1. The van der Waals surface area contributed by atoms with Gasteiger partial charge in [0.25, 0.3) is 0 Å². The molecule has 0 radical (unpaired) electrons. The lowest BCUT2D eigenvalue weighted by Crippen LogP contribution is -2.40. The van der Waals surface area contributed by atoms with Crippen molar-refractivity contribution in [2.75, 3.05) is 45.2 Å². The number of carbonyl (C=O) groups is 1. The zero-order valence-corrected chi connectivity index (χ0v) is 22.0. The Bertz CT molecular complexity index is 922. The Morgan fingerprint density at radius 3 is 2.58 bits per heavy atom. The third-order valence-corrected chi connectivity index (χ3v) is 5.62. The standard InChI is InChI=1S/C25H34FN5O.HI/c1-4-27-25(28-16-20-10-11-23(30(2)3)22(26)14-20)29-17-21-15-24(32)31(18-21)13-12-19-8-6-5-7-9-19;/h5-11,14,21H,4,12-13,15-18H2,1-3H3,(H2,27,28,29);1H. The van der Waals surface area contributed by atoms with Gasteiger partial charge in [0.15, 0.2) is 5.96 Å². The third kappa shape index (κ3) is 8.17. The molecule has 1 aliphatic rings. The van der Waals surface area contributed by atoms with Crippen molar-refractivity contribution in [1.29, 1.82) is 0 Å². The molecule has 1 unspecified atom stereocenters. The molecule has 1 heterocycles. The molecule has 3 rings (SSSR count). The molecule has 1 fully saturated rings. The number of likely N-dealkylation sites (tertiary alicyclic amines) is 1. The lowest BCUT2D eigenvalue weighted by Gasteiger charge is -2.18. The number of rotatable bonds is 9. The van der Waals surface area contributed by atoms with Gasteiger partial charge in [0.05, 0.1) is 12.2 Å². The fraction of sp³-hybridized carbons (Fsp3) is 0.440. The second kappa shape index (κ2) is 13.4. The molecule has 6 nitrogen and oxygen atoms in total. The van der Waals surface area contributed by atoms with E-state index in [0.717, 1.165) is 31.6 Å². The van der Waals surface area contributed by atoms with E-state index in [1.807, 2.05) is 50.2 Å². The summed E-state index contributed by atoms with van der Waals surface area (Å²) in [6.45, 7) is 5.30. The molecule has 33 heavy (non-hydrogen) atoms. The second-order valence-corrected chi connectivity index (χ2v) is 8.40. The number of hydrogen-bond acceptors (Lipinski definition) is 3. The minimum absolute atomic E-state index is 0. The smallest absolute Gasteiger partial charge is 0.223 e. The maximum Gasteiger partial charge on any atom is 0.223 e. The summed E-state index contributed by atoms with van der Waals surface area (Å²) in [6.07, 6.45) is 1.43. The number of benzene rings is 2. The SMILES string of the molecule is CCNC(=NCc1ccc(N(C)C)c(F)c1)NCC1CC(=O)N(CCc2ccccc2)C1.I. The van der Waals surface area contributed by atoms with Gasteiger partial charge in [-0.3, -0.25) is 4.79 Å². The highest BCUT2D eigenvalue weighted by Gasteiger charge is 2.29. The summed E-state index contributed by atoms with van der Waals surface area (Å²) < 4.78 is 14.2.